The van der Waals surface area contributed by atoms with Gasteiger partial charge in [0.2, 0.25) is 0 Å². The second-order valence-electron chi connectivity index (χ2n) is 4.25. The molecule has 4 heteroatoms. The van der Waals surface area contributed by atoms with Crippen LogP contribution in [0.2, 0.25) is 0 Å². The zero-order valence-corrected chi connectivity index (χ0v) is 11.5. The van der Waals surface area contributed by atoms with Crippen molar-refractivity contribution in [1.82, 2.24) is 0 Å². The van der Waals surface area contributed by atoms with Crippen LogP contribution in [0.5, 0.6) is 0 Å². The molecule has 0 spiro atoms. The van der Waals surface area contributed by atoms with E-state index in [1.807, 2.05) is 18.2 Å². The number of methoxy groups -OCH3 is 2. The average molecular weight is 253 g/mol. The van der Waals surface area contributed by atoms with Gasteiger partial charge in [0.05, 0.1) is 19.8 Å². The molecule has 0 heterocycles. The number of hydrogen-bond donors (Lipinski definition) is 1. The van der Waals surface area contributed by atoms with Gasteiger partial charge in [-0.15, -0.1) is 0 Å². The molecule has 0 atom stereocenters. The highest BCUT2D eigenvalue weighted by Crippen LogP contribution is 2.21. The summed E-state index contributed by atoms with van der Waals surface area (Å²) >= 11 is 0. The molecule has 0 aromatic heterocycles. The third-order valence-corrected chi connectivity index (χ3v) is 2.92. The lowest BCUT2D eigenvalue weighted by molar-refractivity contribution is 0.190. The summed E-state index contributed by atoms with van der Waals surface area (Å²) in [4.78, 5) is 2.24. The van der Waals surface area contributed by atoms with Crippen LogP contribution in [0.3, 0.4) is 0 Å². The van der Waals surface area contributed by atoms with Gasteiger partial charge in [0, 0.05) is 33.0 Å². The van der Waals surface area contributed by atoms with Gasteiger partial charge in [0.15, 0.2) is 0 Å². The van der Waals surface area contributed by atoms with Crippen molar-refractivity contribution in [3.05, 3.63) is 29.3 Å². The maximum atomic E-state index is 9.12. The van der Waals surface area contributed by atoms with E-state index in [-0.39, 0.29) is 6.61 Å². The zero-order valence-electron chi connectivity index (χ0n) is 11.5. The molecule has 18 heavy (non-hydrogen) atoms. The number of aliphatic hydroxyl groups is 1. The summed E-state index contributed by atoms with van der Waals surface area (Å²) in [6.45, 7) is 5.17. The van der Waals surface area contributed by atoms with Crippen LogP contribution in [0.4, 0.5) is 5.69 Å². The van der Waals surface area contributed by atoms with Crippen LogP contribution in [-0.4, -0.2) is 45.6 Å². The number of aryl methyl sites for hydroxylation is 1. The SMILES string of the molecule is COCCN(CCOC)c1ccc(CO)cc1C. The molecule has 0 aliphatic rings. The van der Waals surface area contributed by atoms with E-state index >= 15 is 0 Å². The number of aliphatic hydroxyl groups excluding tert-OH is 1. The van der Waals surface area contributed by atoms with Crippen molar-refractivity contribution < 1.29 is 14.6 Å². The molecule has 0 bridgehead atoms. The molecule has 0 fully saturated rings. The summed E-state index contributed by atoms with van der Waals surface area (Å²) in [5.74, 6) is 0. The fraction of sp³-hybridized carbons (Fsp3) is 0.571. The summed E-state index contributed by atoms with van der Waals surface area (Å²) < 4.78 is 10.3. The summed E-state index contributed by atoms with van der Waals surface area (Å²) in [6.07, 6.45) is 0. The summed E-state index contributed by atoms with van der Waals surface area (Å²) in [5, 5.41) is 9.12. The number of nitrogens with zero attached hydrogens (tertiary/aromatic N) is 1. The quantitative estimate of drug-likeness (QED) is 0.764. The molecular formula is C14H23NO3. The molecule has 0 aliphatic carbocycles. The maximum absolute atomic E-state index is 9.12. The van der Waals surface area contributed by atoms with Crippen LogP contribution in [0.25, 0.3) is 0 Å². The minimum Gasteiger partial charge on any atom is -0.392 e. The molecule has 102 valence electrons. The van der Waals surface area contributed by atoms with Gasteiger partial charge in [0.1, 0.15) is 0 Å². The van der Waals surface area contributed by atoms with Gasteiger partial charge < -0.3 is 19.5 Å². The highest BCUT2D eigenvalue weighted by molar-refractivity contribution is 5.54. The average Bonchev–Trinajstić information content (AvgIpc) is 2.39. The van der Waals surface area contributed by atoms with E-state index in [0.717, 1.165) is 24.2 Å². The van der Waals surface area contributed by atoms with Gasteiger partial charge in [-0.3, -0.25) is 0 Å². The van der Waals surface area contributed by atoms with E-state index in [9.17, 15) is 0 Å². The van der Waals surface area contributed by atoms with Crippen molar-refractivity contribution in [2.24, 2.45) is 0 Å². The van der Waals surface area contributed by atoms with Crippen LogP contribution in [0, 0.1) is 6.92 Å². The highest BCUT2D eigenvalue weighted by Gasteiger charge is 2.09. The number of anilines is 1. The van der Waals surface area contributed by atoms with E-state index < -0.39 is 0 Å². The number of hydrogen-bond acceptors (Lipinski definition) is 4. The molecule has 0 aliphatic heterocycles. The normalized spacial score (nSPS) is 10.7. The van der Waals surface area contributed by atoms with Crippen LogP contribution < -0.4 is 4.90 Å². The molecular weight excluding hydrogens is 230 g/mol. The predicted octanol–water partition coefficient (Wildman–Crippen LogP) is 1.59. The Bertz CT molecular complexity index is 347. The van der Waals surface area contributed by atoms with Crippen molar-refractivity contribution in [3.63, 3.8) is 0 Å². The minimum atomic E-state index is 0.0806. The first-order valence-electron chi connectivity index (χ1n) is 6.16. The van der Waals surface area contributed by atoms with E-state index in [0.29, 0.717) is 13.2 Å². The molecule has 1 aromatic carbocycles. The van der Waals surface area contributed by atoms with Crippen molar-refractivity contribution in [1.29, 1.82) is 0 Å². The summed E-state index contributed by atoms with van der Waals surface area (Å²) in [6, 6.07) is 6.02. The lowest BCUT2D eigenvalue weighted by Crippen LogP contribution is -2.31. The Balaban J connectivity index is 2.82. The smallest absolute Gasteiger partial charge is 0.0681 e. The summed E-state index contributed by atoms with van der Waals surface area (Å²) in [7, 11) is 3.41. The van der Waals surface area contributed by atoms with Gasteiger partial charge in [-0.1, -0.05) is 12.1 Å². The van der Waals surface area contributed by atoms with E-state index in [2.05, 4.69) is 11.8 Å². The van der Waals surface area contributed by atoms with Gasteiger partial charge in [-0.25, -0.2) is 0 Å². The molecule has 0 unspecified atom stereocenters. The van der Waals surface area contributed by atoms with E-state index in [4.69, 9.17) is 14.6 Å². The van der Waals surface area contributed by atoms with Crippen molar-refractivity contribution in [2.75, 3.05) is 45.4 Å². The first-order chi connectivity index (χ1) is 8.72. The van der Waals surface area contributed by atoms with Gasteiger partial charge in [-0.2, -0.15) is 0 Å². The van der Waals surface area contributed by atoms with Crippen LogP contribution >= 0.6 is 0 Å². The van der Waals surface area contributed by atoms with Crippen LogP contribution in [0.15, 0.2) is 18.2 Å². The van der Waals surface area contributed by atoms with E-state index in [1.54, 1.807) is 14.2 Å². The minimum absolute atomic E-state index is 0.0806. The first-order valence-corrected chi connectivity index (χ1v) is 6.16. The Kier molecular flexibility index (Phi) is 6.72. The van der Waals surface area contributed by atoms with Gasteiger partial charge >= 0.3 is 0 Å². The molecule has 1 aromatic rings. The summed E-state index contributed by atoms with van der Waals surface area (Å²) in [5.41, 5.74) is 3.27. The van der Waals surface area contributed by atoms with Crippen molar-refractivity contribution in [2.45, 2.75) is 13.5 Å². The van der Waals surface area contributed by atoms with Crippen molar-refractivity contribution >= 4 is 5.69 Å². The standard InChI is InChI=1S/C14H23NO3/c1-12-10-13(11-16)4-5-14(12)15(6-8-17-2)7-9-18-3/h4-5,10,16H,6-9,11H2,1-3H3. The number of ether oxygens (including phenoxy) is 2. The van der Waals surface area contributed by atoms with Gasteiger partial charge in [-0.05, 0) is 24.1 Å². The molecule has 0 saturated heterocycles. The van der Waals surface area contributed by atoms with E-state index in [1.165, 1.54) is 5.69 Å². The Morgan fingerprint density at radius 3 is 2.17 bits per heavy atom. The third-order valence-electron chi connectivity index (χ3n) is 2.92. The third kappa shape index (κ3) is 4.29. The van der Waals surface area contributed by atoms with Crippen LogP contribution in [0.1, 0.15) is 11.1 Å². The fourth-order valence-corrected chi connectivity index (χ4v) is 1.93. The van der Waals surface area contributed by atoms with Crippen LogP contribution in [-0.2, 0) is 16.1 Å². The maximum Gasteiger partial charge on any atom is 0.0681 e. The first kappa shape index (κ1) is 15.0. The molecule has 1 N–H and O–H groups in total. The molecule has 4 nitrogen and oxygen atoms in total. The molecule has 1 rings (SSSR count). The zero-order chi connectivity index (χ0) is 13.4. The Labute approximate surface area is 109 Å². The second kappa shape index (κ2) is 8.08. The Morgan fingerprint density at radius 1 is 1.11 bits per heavy atom. The largest absolute Gasteiger partial charge is 0.392 e. The lowest BCUT2D eigenvalue weighted by atomic mass is 10.1. The molecule has 0 amide bonds. The topological polar surface area (TPSA) is 41.9 Å². The number of benzene rings is 1. The monoisotopic (exact) mass is 253 g/mol. The Morgan fingerprint density at radius 2 is 1.72 bits per heavy atom. The number of rotatable bonds is 8. The second-order valence-corrected chi connectivity index (χ2v) is 4.25. The highest BCUT2D eigenvalue weighted by atomic mass is 16.5. The predicted molar refractivity (Wildman–Crippen MR) is 73.1 cm³/mol. The fourth-order valence-electron chi connectivity index (χ4n) is 1.93. The Hall–Kier alpha value is -1.10. The molecule has 0 saturated carbocycles. The van der Waals surface area contributed by atoms with Crippen molar-refractivity contribution in [3.8, 4) is 0 Å². The molecule has 0 radical (unpaired) electrons. The lowest BCUT2D eigenvalue weighted by Gasteiger charge is -2.26. The van der Waals surface area contributed by atoms with Gasteiger partial charge in [0.25, 0.3) is 0 Å².